The number of nitrogens with one attached hydrogen (secondary N) is 1. The van der Waals surface area contributed by atoms with Gasteiger partial charge in [0.05, 0.1) is 10.7 Å². The van der Waals surface area contributed by atoms with Crippen molar-refractivity contribution in [1.29, 1.82) is 0 Å². The van der Waals surface area contributed by atoms with E-state index < -0.39 is 11.5 Å². The van der Waals surface area contributed by atoms with Gasteiger partial charge in [0.25, 0.3) is 5.91 Å². The fraction of sp³-hybridized carbons (Fsp3) is 0.643. The zero-order valence-electron chi connectivity index (χ0n) is 11.4. The summed E-state index contributed by atoms with van der Waals surface area (Å²) in [5.74, 6) is -0.747. The van der Waals surface area contributed by atoms with Crippen LogP contribution < -0.4 is 5.32 Å². The van der Waals surface area contributed by atoms with Crippen molar-refractivity contribution in [2.75, 3.05) is 0 Å². The molecule has 1 amide bonds. The Labute approximate surface area is 121 Å². The molecule has 6 heteroatoms. The van der Waals surface area contributed by atoms with Gasteiger partial charge >= 0.3 is 5.97 Å². The largest absolute Gasteiger partial charge is 0.480 e. The highest BCUT2D eigenvalue weighted by atomic mass is 32.1. The molecular weight excluding hydrogens is 276 g/mol. The number of hydrogen-bond acceptors (Lipinski definition) is 4. The molecule has 0 spiro atoms. The number of nitrogens with zero attached hydrogens (tertiary/aromatic N) is 1. The summed E-state index contributed by atoms with van der Waals surface area (Å²) >= 11 is 1.43. The standard InChI is InChI=1S/C14H18N2O3S/c1-8-10(11(17)16-14(6-7-14)13(18)19)20-12(15-8)9-4-2-3-5-9/h9H,2-7H2,1H3,(H,16,17)(H,18,19). The lowest BCUT2D eigenvalue weighted by atomic mass is 10.1. The highest BCUT2D eigenvalue weighted by Gasteiger charge is 2.52. The summed E-state index contributed by atoms with van der Waals surface area (Å²) in [6.07, 6.45) is 5.78. The molecule has 1 aromatic rings. The Kier molecular flexibility index (Phi) is 3.28. The maximum Gasteiger partial charge on any atom is 0.329 e. The molecule has 108 valence electrons. The maximum atomic E-state index is 12.2. The molecule has 0 atom stereocenters. The number of carbonyl (C=O) groups excluding carboxylic acids is 1. The van der Waals surface area contributed by atoms with Gasteiger partial charge < -0.3 is 10.4 Å². The summed E-state index contributed by atoms with van der Waals surface area (Å²) in [5.41, 5.74) is -0.309. The Morgan fingerprint density at radius 1 is 1.35 bits per heavy atom. The first kappa shape index (κ1) is 13.5. The molecule has 0 unspecified atom stereocenters. The van der Waals surface area contributed by atoms with Crippen molar-refractivity contribution >= 4 is 23.2 Å². The van der Waals surface area contributed by atoms with Crippen LogP contribution in [-0.2, 0) is 4.79 Å². The molecule has 0 aliphatic heterocycles. The summed E-state index contributed by atoms with van der Waals surface area (Å²) in [6, 6.07) is 0. The van der Waals surface area contributed by atoms with Crippen LogP contribution in [0.1, 0.15) is 64.8 Å². The molecule has 2 N–H and O–H groups in total. The molecule has 0 saturated heterocycles. The van der Waals surface area contributed by atoms with Gasteiger partial charge in [0, 0.05) is 5.92 Å². The molecule has 2 aliphatic carbocycles. The van der Waals surface area contributed by atoms with Crippen LogP contribution in [-0.4, -0.2) is 27.5 Å². The Balaban J connectivity index is 1.76. The molecular formula is C14H18N2O3S. The number of thiazole rings is 1. The lowest BCUT2D eigenvalue weighted by molar-refractivity contribution is -0.140. The first-order valence-corrected chi connectivity index (χ1v) is 7.87. The van der Waals surface area contributed by atoms with Crippen molar-refractivity contribution < 1.29 is 14.7 Å². The molecule has 2 aliphatic rings. The van der Waals surface area contributed by atoms with Gasteiger partial charge in [-0.2, -0.15) is 0 Å². The minimum absolute atomic E-state index is 0.288. The van der Waals surface area contributed by atoms with Crippen LogP contribution in [0.15, 0.2) is 0 Å². The van der Waals surface area contributed by atoms with Gasteiger partial charge in [-0.25, -0.2) is 9.78 Å². The zero-order chi connectivity index (χ0) is 14.3. The van der Waals surface area contributed by atoms with Crippen molar-refractivity contribution in [2.45, 2.75) is 56.9 Å². The third kappa shape index (κ3) is 2.32. The quantitative estimate of drug-likeness (QED) is 0.894. The molecule has 0 aromatic carbocycles. The number of hydrogen-bond donors (Lipinski definition) is 2. The van der Waals surface area contributed by atoms with Crippen LogP contribution in [0.25, 0.3) is 0 Å². The van der Waals surface area contributed by atoms with E-state index in [9.17, 15) is 9.59 Å². The molecule has 3 rings (SSSR count). The monoisotopic (exact) mass is 294 g/mol. The summed E-state index contributed by atoms with van der Waals surface area (Å²) < 4.78 is 0. The summed E-state index contributed by atoms with van der Waals surface area (Å²) in [6.45, 7) is 1.82. The fourth-order valence-electron chi connectivity index (χ4n) is 2.77. The van der Waals surface area contributed by atoms with Gasteiger partial charge in [0.1, 0.15) is 10.4 Å². The van der Waals surface area contributed by atoms with E-state index in [4.69, 9.17) is 5.11 Å². The number of amides is 1. The predicted molar refractivity (Wildman–Crippen MR) is 75.1 cm³/mol. The first-order chi connectivity index (χ1) is 9.52. The summed E-state index contributed by atoms with van der Waals surface area (Å²) in [5, 5.41) is 12.8. The number of carboxylic acids is 1. The van der Waals surface area contributed by atoms with Gasteiger partial charge in [-0.05, 0) is 32.6 Å². The zero-order valence-corrected chi connectivity index (χ0v) is 12.3. The highest BCUT2D eigenvalue weighted by Crippen LogP contribution is 2.39. The van der Waals surface area contributed by atoms with E-state index in [1.54, 1.807) is 0 Å². The van der Waals surface area contributed by atoms with Gasteiger partial charge in [-0.1, -0.05) is 12.8 Å². The molecule has 1 aromatic heterocycles. The van der Waals surface area contributed by atoms with E-state index >= 15 is 0 Å². The first-order valence-electron chi connectivity index (χ1n) is 7.05. The van der Waals surface area contributed by atoms with E-state index in [1.807, 2.05) is 6.92 Å². The van der Waals surface area contributed by atoms with E-state index in [1.165, 1.54) is 24.2 Å². The van der Waals surface area contributed by atoms with Crippen molar-refractivity contribution in [3.05, 3.63) is 15.6 Å². The van der Waals surface area contributed by atoms with Crippen molar-refractivity contribution in [3.63, 3.8) is 0 Å². The minimum atomic E-state index is -1.03. The lowest BCUT2D eigenvalue weighted by Gasteiger charge is -2.11. The highest BCUT2D eigenvalue weighted by molar-refractivity contribution is 7.13. The van der Waals surface area contributed by atoms with Crippen LogP contribution in [0.4, 0.5) is 0 Å². The number of carboxylic acid groups (broad SMARTS) is 1. The second-order valence-corrected chi connectivity index (χ2v) is 6.82. The van der Waals surface area contributed by atoms with Gasteiger partial charge in [0.15, 0.2) is 0 Å². The summed E-state index contributed by atoms with van der Waals surface area (Å²) in [7, 11) is 0. The van der Waals surface area contributed by atoms with E-state index in [0.717, 1.165) is 23.5 Å². The van der Waals surface area contributed by atoms with Crippen LogP contribution in [0.3, 0.4) is 0 Å². The van der Waals surface area contributed by atoms with Gasteiger partial charge in [-0.15, -0.1) is 11.3 Å². The average molecular weight is 294 g/mol. The number of rotatable bonds is 4. The molecule has 1 heterocycles. The van der Waals surface area contributed by atoms with Gasteiger partial charge in [-0.3, -0.25) is 4.79 Å². The maximum absolute atomic E-state index is 12.2. The second kappa shape index (κ2) is 4.84. The van der Waals surface area contributed by atoms with Crippen molar-refractivity contribution in [1.82, 2.24) is 10.3 Å². The van der Waals surface area contributed by atoms with Crippen LogP contribution >= 0.6 is 11.3 Å². The molecule has 20 heavy (non-hydrogen) atoms. The normalized spacial score (nSPS) is 20.9. The van der Waals surface area contributed by atoms with Crippen molar-refractivity contribution in [3.8, 4) is 0 Å². The van der Waals surface area contributed by atoms with Crippen LogP contribution in [0.5, 0.6) is 0 Å². The second-order valence-electron chi connectivity index (χ2n) is 5.79. The van der Waals surface area contributed by atoms with Crippen molar-refractivity contribution in [2.24, 2.45) is 0 Å². The SMILES string of the molecule is Cc1nc(C2CCCC2)sc1C(=O)NC1(C(=O)O)CC1. The minimum Gasteiger partial charge on any atom is -0.480 e. The third-order valence-corrected chi connectivity index (χ3v) is 5.55. The third-order valence-electron chi connectivity index (χ3n) is 4.24. The topological polar surface area (TPSA) is 79.3 Å². The summed E-state index contributed by atoms with van der Waals surface area (Å²) in [4.78, 5) is 28.5. The number of aliphatic carboxylic acids is 1. The molecule has 0 bridgehead atoms. The fourth-order valence-corrected chi connectivity index (χ4v) is 3.90. The average Bonchev–Trinajstić information content (AvgIpc) is 2.86. The van der Waals surface area contributed by atoms with Crippen LogP contribution in [0, 0.1) is 6.92 Å². The van der Waals surface area contributed by atoms with Gasteiger partial charge in [0.2, 0.25) is 0 Å². The van der Waals surface area contributed by atoms with Crippen LogP contribution in [0.2, 0.25) is 0 Å². The smallest absolute Gasteiger partial charge is 0.329 e. The molecule has 2 fully saturated rings. The number of aryl methyl sites for hydroxylation is 1. The Hall–Kier alpha value is -1.43. The number of carbonyl (C=O) groups is 2. The molecule has 5 nitrogen and oxygen atoms in total. The molecule has 2 saturated carbocycles. The Morgan fingerprint density at radius 3 is 2.55 bits per heavy atom. The number of aromatic nitrogens is 1. The van der Waals surface area contributed by atoms with E-state index in [-0.39, 0.29) is 5.91 Å². The lowest BCUT2D eigenvalue weighted by Crippen LogP contribution is -2.42. The Morgan fingerprint density at radius 2 is 2.00 bits per heavy atom. The predicted octanol–water partition coefficient (Wildman–Crippen LogP) is 2.46. The molecule has 0 radical (unpaired) electrons. The van der Waals surface area contributed by atoms with E-state index in [0.29, 0.717) is 23.6 Å². The Bertz CT molecular complexity index is 557. The van der Waals surface area contributed by atoms with E-state index in [2.05, 4.69) is 10.3 Å².